The normalized spacial score (nSPS) is 11.1. The van der Waals surface area contributed by atoms with E-state index in [9.17, 15) is 31.2 Å². The van der Waals surface area contributed by atoms with Crippen molar-refractivity contribution in [1.29, 1.82) is 0 Å². The lowest BCUT2D eigenvalue weighted by Crippen LogP contribution is -2.25. The minimum absolute atomic E-state index is 0.172. The van der Waals surface area contributed by atoms with Crippen LogP contribution in [0.3, 0.4) is 0 Å². The fourth-order valence-corrected chi connectivity index (χ4v) is 3.22. The molecule has 0 radical (unpaired) electrons. The molecule has 2 amide bonds. The average molecular weight is 413 g/mol. The molecule has 0 bridgehead atoms. The van der Waals surface area contributed by atoms with E-state index in [1.807, 2.05) is 10.0 Å². The maximum Gasteiger partial charge on any atom is 0.255 e. The van der Waals surface area contributed by atoms with Gasteiger partial charge in [-0.1, -0.05) is 6.08 Å². The van der Waals surface area contributed by atoms with E-state index in [0.29, 0.717) is 12.1 Å². The molecule has 7 nitrogen and oxygen atoms in total. The van der Waals surface area contributed by atoms with Gasteiger partial charge in [-0.2, -0.15) is 0 Å². The van der Waals surface area contributed by atoms with Gasteiger partial charge in [0, 0.05) is 18.2 Å². The Morgan fingerprint density at radius 1 is 1.07 bits per heavy atom. The lowest BCUT2D eigenvalue weighted by Gasteiger charge is -2.11. The fourth-order valence-electron chi connectivity index (χ4n) is 2.13. The van der Waals surface area contributed by atoms with Crippen molar-refractivity contribution in [3.8, 4) is 0 Å². The highest BCUT2D eigenvalue weighted by Gasteiger charge is 2.22. The van der Waals surface area contributed by atoms with Gasteiger partial charge in [-0.05, 0) is 24.3 Å². The van der Waals surface area contributed by atoms with Crippen LogP contribution in [-0.4, -0.2) is 26.8 Å². The minimum Gasteiger partial charge on any atom is -0.366 e. The molecule has 0 fully saturated rings. The smallest absolute Gasteiger partial charge is 0.255 e. The molecule has 2 rings (SSSR count). The molecule has 0 aliphatic heterocycles. The SMILES string of the molecule is C=CCNS(=O)(=O)c1cc(C(=O)Nc2cc(C(N)=O)c(F)cc2F)ccc1F. The number of primary amides is 1. The van der Waals surface area contributed by atoms with Crippen LogP contribution in [0.25, 0.3) is 0 Å². The third kappa shape index (κ3) is 4.56. The van der Waals surface area contributed by atoms with E-state index in [2.05, 4.69) is 6.58 Å². The van der Waals surface area contributed by atoms with E-state index < -0.39 is 55.4 Å². The molecule has 2 aromatic rings. The second-order valence-corrected chi connectivity index (χ2v) is 7.15. The largest absolute Gasteiger partial charge is 0.366 e. The zero-order valence-electron chi connectivity index (χ0n) is 14.1. The highest BCUT2D eigenvalue weighted by Crippen LogP contribution is 2.22. The fraction of sp³-hybridized carbons (Fsp3) is 0.0588. The van der Waals surface area contributed by atoms with Crippen LogP contribution in [-0.2, 0) is 10.0 Å². The Hall–Kier alpha value is -3.18. The number of nitrogens with one attached hydrogen (secondary N) is 2. The van der Waals surface area contributed by atoms with E-state index in [-0.39, 0.29) is 12.1 Å². The van der Waals surface area contributed by atoms with Crippen molar-refractivity contribution in [2.45, 2.75) is 4.90 Å². The Morgan fingerprint density at radius 2 is 1.75 bits per heavy atom. The van der Waals surface area contributed by atoms with Gasteiger partial charge >= 0.3 is 0 Å². The number of halogens is 3. The predicted molar refractivity (Wildman–Crippen MR) is 94.6 cm³/mol. The first kappa shape index (κ1) is 21.1. The Bertz CT molecular complexity index is 1070. The Morgan fingerprint density at radius 3 is 2.36 bits per heavy atom. The predicted octanol–water partition coefficient (Wildman–Crippen LogP) is 1.92. The van der Waals surface area contributed by atoms with Gasteiger partial charge in [0.25, 0.3) is 11.8 Å². The van der Waals surface area contributed by atoms with Gasteiger partial charge in [0.1, 0.15) is 22.3 Å². The van der Waals surface area contributed by atoms with Crippen LogP contribution >= 0.6 is 0 Å². The van der Waals surface area contributed by atoms with Gasteiger partial charge in [0.15, 0.2) is 0 Å². The van der Waals surface area contributed by atoms with Crippen molar-refractivity contribution < 1.29 is 31.2 Å². The third-order valence-corrected chi connectivity index (χ3v) is 4.91. The molecule has 28 heavy (non-hydrogen) atoms. The minimum atomic E-state index is -4.27. The number of amides is 2. The Kier molecular flexibility index (Phi) is 6.21. The van der Waals surface area contributed by atoms with Crippen molar-refractivity contribution >= 4 is 27.5 Å². The Labute approximate surface area is 158 Å². The van der Waals surface area contributed by atoms with Gasteiger partial charge in [-0.25, -0.2) is 26.3 Å². The molecule has 0 spiro atoms. The van der Waals surface area contributed by atoms with Crippen LogP contribution in [0.5, 0.6) is 0 Å². The lowest BCUT2D eigenvalue weighted by molar-refractivity contribution is 0.0992. The number of hydrogen-bond acceptors (Lipinski definition) is 4. The summed E-state index contributed by atoms with van der Waals surface area (Å²) >= 11 is 0. The van der Waals surface area contributed by atoms with Crippen LogP contribution < -0.4 is 15.8 Å². The third-order valence-electron chi connectivity index (χ3n) is 3.47. The summed E-state index contributed by atoms with van der Waals surface area (Å²) in [7, 11) is -4.27. The van der Waals surface area contributed by atoms with Crippen molar-refractivity contribution in [3.63, 3.8) is 0 Å². The molecule has 0 atom stereocenters. The maximum atomic E-state index is 13.9. The summed E-state index contributed by atoms with van der Waals surface area (Å²) in [6.07, 6.45) is 1.24. The maximum absolute atomic E-state index is 13.9. The second kappa shape index (κ2) is 8.23. The molecule has 11 heteroatoms. The number of nitrogens with two attached hydrogens (primary N) is 1. The molecule has 148 valence electrons. The van der Waals surface area contributed by atoms with Crippen molar-refractivity contribution in [2.24, 2.45) is 5.73 Å². The molecular weight excluding hydrogens is 399 g/mol. The molecular formula is C17H14F3N3O4S. The molecule has 0 aromatic heterocycles. The monoisotopic (exact) mass is 413 g/mol. The van der Waals surface area contributed by atoms with Crippen LogP contribution in [0.4, 0.5) is 18.9 Å². The molecule has 0 heterocycles. The standard InChI is InChI=1S/C17H14F3N3O4S/c1-2-5-22-28(26,27)15-6-9(3-4-11(15)18)17(25)23-14-7-10(16(21)24)12(19)8-13(14)20/h2-4,6-8,22H,1,5H2,(H2,21,24)(H,23,25). The number of carbonyl (C=O) groups excluding carboxylic acids is 2. The number of anilines is 1. The summed E-state index contributed by atoms with van der Waals surface area (Å²) in [5.41, 5.74) is 3.40. The Balaban J connectivity index is 2.38. The number of carbonyl (C=O) groups is 2. The van der Waals surface area contributed by atoms with Crippen LogP contribution in [0.1, 0.15) is 20.7 Å². The van der Waals surface area contributed by atoms with Crippen LogP contribution in [0.15, 0.2) is 47.9 Å². The zero-order chi connectivity index (χ0) is 21.1. The van der Waals surface area contributed by atoms with E-state index in [0.717, 1.165) is 18.2 Å². The van der Waals surface area contributed by atoms with Gasteiger partial charge in [-0.15, -0.1) is 6.58 Å². The van der Waals surface area contributed by atoms with Crippen molar-refractivity contribution in [3.05, 3.63) is 71.6 Å². The zero-order valence-corrected chi connectivity index (χ0v) is 14.9. The summed E-state index contributed by atoms with van der Waals surface area (Å²) in [6.45, 7) is 3.15. The summed E-state index contributed by atoms with van der Waals surface area (Å²) in [4.78, 5) is 22.6. The summed E-state index contributed by atoms with van der Waals surface area (Å²) in [5, 5.41) is 2.05. The van der Waals surface area contributed by atoms with Gasteiger partial charge in [0.2, 0.25) is 10.0 Å². The number of rotatable bonds is 7. The summed E-state index contributed by atoms with van der Waals surface area (Å²) in [5.74, 6) is -5.74. The summed E-state index contributed by atoms with van der Waals surface area (Å²) in [6, 6.07) is 3.50. The quantitative estimate of drug-likeness (QED) is 0.601. The number of hydrogen-bond donors (Lipinski definition) is 3. The first-order chi connectivity index (χ1) is 13.1. The number of benzene rings is 2. The van der Waals surface area contributed by atoms with Gasteiger partial charge < -0.3 is 11.1 Å². The van der Waals surface area contributed by atoms with Gasteiger partial charge in [0.05, 0.1) is 11.3 Å². The molecule has 0 aliphatic carbocycles. The van der Waals surface area contributed by atoms with Crippen molar-refractivity contribution in [2.75, 3.05) is 11.9 Å². The second-order valence-electron chi connectivity index (χ2n) is 5.42. The molecule has 0 saturated carbocycles. The topological polar surface area (TPSA) is 118 Å². The first-order valence-electron chi connectivity index (χ1n) is 7.57. The molecule has 2 aromatic carbocycles. The molecule has 0 unspecified atom stereocenters. The van der Waals surface area contributed by atoms with Crippen molar-refractivity contribution in [1.82, 2.24) is 4.72 Å². The van der Waals surface area contributed by atoms with E-state index in [4.69, 9.17) is 5.73 Å². The van der Waals surface area contributed by atoms with E-state index >= 15 is 0 Å². The first-order valence-corrected chi connectivity index (χ1v) is 9.05. The van der Waals surface area contributed by atoms with E-state index in [1.165, 1.54) is 6.08 Å². The average Bonchev–Trinajstić information content (AvgIpc) is 2.62. The summed E-state index contributed by atoms with van der Waals surface area (Å²) < 4.78 is 67.5. The highest BCUT2D eigenvalue weighted by molar-refractivity contribution is 7.89. The molecule has 0 saturated heterocycles. The lowest BCUT2D eigenvalue weighted by atomic mass is 10.1. The van der Waals surface area contributed by atoms with Gasteiger partial charge in [-0.3, -0.25) is 9.59 Å². The molecule has 0 aliphatic rings. The van der Waals surface area contributed by atoms with Crippen LogP contribution in [0, 0.1) is 17.5 Å². The van der Waals surface area contributed by atoms with E-state index in [1.54, 1.807) is 0 Å². The van der Waals surface area contributed by atoms with Crippen LogP contribution in [0.2, 0.25) is 0 Å². The highest BCUT2D eigenvalue weighted by atomic mass is 32.2. The number of sulfonamides is 1. The molecule has 4 N–H and O–H groups in total.